The summed E-state index contributed by atoms with van der Waals surface area (Å²) in [6, 6.07) is 3.04. The molecule has 0 aromatic heterocycles. The van der Waals surface area contributed by atoms with Gasteiger partial charge in [0.15, 0.2) is 0 Å². The highest BCUT2D eigenvalue weighted by Gasteiger charge is 2.19. The lowest BCUT2D eigenvalue weighted by molar-refractivity contribution is -0.393. The maximum atomic E-state index is 11.3. The first kappa shape index (κ1) is 16.0. The predicted molar refractivity (Wildman–Crippen MR) is 73.1 cm³/mol. The van der Waals surface area contributed by atoms with Crippen LogP contribution < -0.4 is 5.43 Å². The van der Waals surface area contributed by atoms with Crippen LogP contribution in [-0.2, 0) is 9.53 Å². The van der Waals surface area contributed by atoms with Crippen LogP contribution in [0.2, 0.25) is 0 Å². The van der Waals surface area contributed by atoms with Crippen molar-refractivity contribution in [2.45, 2.75) is 13.3 Å². The first-order chi connectivity index (χ1) is 9.90. The molecule has 0 amide bonds. The van der Waals surface area contributed by atoms with Gasteiger partial charge in [0.1, 0.15) is 11.4 Å². The number of hydrogen-bond acceptors (Lipinski definition) is 8. The van der Waals surface area contributed by atoms with E-state index < -0.39 is 27.2 Å². The Kier molecular flexibility index (Phi) is 5.29. The molecule has 10 nitrogen and oxygen atoms in total. The van der Waals surface area contributed by atoms with Crippen LogP contribution in [0.15, 0.2) is 23.3 Å². The lowest BCUT2D eigenvalue weighted by Gasteiger charge is -2.04. The van der Waals surface area contributed by atoms with E-state index in [9.17, 15) is 25.0 Å². The van der Waals surface area contributed by atoms with Crippen LogP contribution in [0.5, 0.6) is 0 Å². The monoisotopic (exact) mass is 296 g/mol. The van der Waals surface area contributed by atoms with E-state index in [0.717, 1.165) is 18.2 Å². The van der Waals surface area contributed by atoms with Crippen molar-refractivity contribution in [1.82, 2.24) is 0 Å². The number of non-ortho nitro benzene ring substituents is 1. The van der Waals surface area contributed by atoms with Crippen molar-refractivity contribution in [2.75, 3.05) is 12.5 Å². The van der Waals surface area contributed by atoms with E-state index in [0.29, 0.717) is 0 Å². The molecule has 10 heteroatoms. The molecule has 0 atom stereocenters. The predicted octanol–water partition coefficient (Wildman–Crippen LogP) is 1.85. The molecule has 0 fully saturated rings. The molecule has 112 valence electrons. The number of benzene rings is 1. The highest BCUT2D eigenvalue weighted by atomic mass is 16.6. The first-order valence-electron chi connectivity index (χ1n) is 5.74. The molecule has 1 rings (SSSR count). The molecule has 1 aromatic carbocycles. The maximum absolute atomic E-state index is 11.3. The Balaban J connectivity index is 3.13. The third-order valence-electron chi connectivity index (χ3n) is 2.46. The summed E-state index contributed by atoms with van der Waals surface area (Å²) in [5, 5.41) is 25.2. The number of rotatable bonds is 6. The van der Waals surface area contributed by atoms with Crippen molar-refractivity contribution in [3.05, 3.63) is 38.4 Å². The summed E-state index contributed by atoms with van der Waals surface area (Å²) in [6.07, 6.45) is 0.250. The number of hydrazone groups is 1. The molecule has 0 aliphatic rings. The van der Waals surface area contributed by atoms with E-state index in [4.69, 9.17) is 0 Å². The van der Waals surface area contributed by atoms with E-state index in [1.165, 1.54) is 7.11 Å². The van der Waals surface area contributed by atoms with Gasteiger partial charge in [-0.25, -0.2) is 4.79 Å². The molecule has 0 spiro atoms. The minimum absolute atomic E-state index is 0.0325. The highest BCUT2D eigenvalue weighted by molar-refractivity contribution is 6.36. The lowest BCUT2D eigenvalue weighted by Crippen LogP contribution is -2.16. The van der Waals surface area contributed by atoms with Gasteiger partial charge in [-0.3, -0.25) is 25.7 Å². The van der Waals surface area contributed by atoms with E-state index in [1.54, 1.807) is 6.92 Å². The Morgan fingerprint density at radius 3 is 2.48 bits per heavy atom. The summed E-state index contributed by atoms with van der Waals surface area (Å²) in [5.41, 5.74) is 1.38. The minimum atomic E-state index is -0.783. The third kappa shape index (κ3) is 3.96. The van der Waals surface area contributed by atoms with Crippen molar-refractivity contribution in [3.63, 3.8) is 0 Å². The molecule has 0 aliphatic heterocycles. The number of nitrogens with zero attached hydrogens (tertiary/aromatic N) is 3. The number of nitro benzene ring substituents is 2. The van der Waals surface area contributed by atoms with Crippen molar-refractivity contribution in [2.24, 2.45) is 5.10 Å². The molecule has 0 radical (unpaired) electrons. The molecule has 0 heterocycles. The highest BCUT2D eigenvalue weighted by Crippen LogP contribution is 2.28. The Hall–Kier alpha value is -3.04. The summed E-state index contributed by atoms with van der Waals surface area (Å²) >= 11 is 0. The number of methoxy groups -OCH3 is 1. The molecule has 0 aliphatic carbocycles. The zero-order valence-corrected chi connectivity index (χ0v) is 11.2. The van der Waals surface area contributed by atoms with Gasteiger partial charge in [0.25, 0.3) is 5.69 Å². The number of anilines is 1. The zero-order chi connectivity index (χ0) is 16.0. The average Bonchev–Trinajstić information content (AvgIpc) is 2.47. The second-order valence-electron chi connectivity index (χ2n) is 3.73. The van der Waals surface area contributed by atoms with Crippen LogP contribution in [0.1, 0.15) is 13.3 Å². The quantitative estimate of drug-likeness (QED) is 0.366. The van der Waals surface area contributed by atoms with Gasteiger partial charge >= 0.3 is 11.7 Å². The fourth-order valence-corrected chi connectivity index (χ4v) is 1.39. The Morgan fingerprint density at radius 1 is 1.33 bits per heavy atom. The fourth-order valence-electron chi connectivity index (χ4n) is 1.39. The van der Waals surface area contributed by atoms with E-state index in [2.05, 4.69) is 15.3 Å². The Morgan fingerprint density at radius 2 is 2.00 bits per heavy atom. The van der Waals surface area contributed by atoms with Crippen molar-refractivity contribution in [3.8, 4) is 0 Å². The van der Waals surface area contributed by atoms with Crippen molar-refractivity contribution < 1.29 is 19.4 Å². The molecule has 1 N–H and O–H groups in total. The first-order valence-corrected chi connectivity index (χ1v) is 5.74. The molecule has 0 saturated carbocycles. The number of carbonyl (C=O) groups is 1. The average molecular weight is 296 g/mol. The lowest BCUT2D eigenvalue weighted by atomic mass is 10.2. The topological polar surface area (TPSA) is 137 Å². The number of esters is 1. The van der Waals surface area contributed by atoms with Crippen LogP contribution >= 0.6 is 0 Å². The number of ether oxygens (including phenoxy) is 1. The van der Waals surface area contributed by atoms with E-state index >= 15 is 0 Å². The summed E-state index contributed by atoms with van der Waals surface area (Å²) in [7, 11) is 1.18. The van der Waals surface area contributed by atoms with Crippen molar-refractivity contribution >= 4 is 28.7 Å². The van der Waals surface area contributed by atoms with Gasteiger partial charge in [-0.2, -0.15) is 5.10 Å². The largest absolute Gasteiger partial charge is 0.464 e. The van der Waals surface area contributed by atoms with E-state index in [1.807, 2.05) is 0 Å². The summed E-state index contributed by atoms with van der Waals surface area (Å²) in [5.74, 6) is -0.672. The van der Waals surface area contributed by atoms with Gasteiger partial charge in [-0.15, -0.1) is 0 Å². The van der Waals surface area contributed by atoms with Crippen LogP contribution in [0.4, 0.5) is 17.1 Å². The SMILES string of the molecule is CCC(=NNc1ccc([N+](=O)[O-])cc1[N+](=O)[O-])C(=O)OC. The summed E-state index contributed by atoms with van der Waals surface area (Å²) in [6.45, 7) is 1.65. The Bertz CT molecular complexity index is 613. The molecule has 0 bridgehead atoms. The summed E-state index contributed by atoms with van der Waals surface area (Å²) < 4.78 is 4.49. The zero-order valence-electron chi connectivity index (χ0n) is 11.2. The van der Waals surface area contributed by atoms with Crippen LogP contribution in [0.25, 0.3) is 0 Å². The second-order valence-corrected chi connectivity index (χ2v) is 3.73. The molecule has 1 aromatic rings. The standard InChI is InChI=1S/C11H12N4O6/c1-3-8(11(16)21-2)12-13-9-5-4-7(14(17)18)6-10(9)15(19)20/h4-6,13H,3H2,1-2H3. The molecular weight excluding hydrogens is 284 g/mol. The van der Waals surface area contributed by atoms with Crippen LogP contribution in [0, 0.1) is 20.2 Å². The molecular formula is C11H12N4O6. The smallest absolute Gasteiger partial charge is 0.354 e. The van der Waals surface area contributed by atoms with Gasteiger partial charge in [0.2, 0.25) is 0 Å². The molecule has 0 unspecified atom stereocenters. The Labute approximate surface area is 118 Å². The van der Waals surface area contributed by atoms with Gasteiger partial charge < -0.3 is 4.74 Å². The molecule has 0 saturated heterocycles. The molecule has 21 heavy (non-hydrogen) atoms. The van der Waals surface area contributed by atoms with Gasteiger partial charge in [0.05, 0.1) is 23.0 Å². The van der Waals surface area contributed by atoms with Gasteiger partial charge in [-0.1, -0.05) is 6.92 Å². The van der Waals surface area contributed by atoms with Crippen molar-refractivity contribution in [1.29, 1.82) is 0 Å². The minimum Gasteiger partial charge on any atom is -0.464 e. The normalized spacial score (nSPS) is 10.9. The second kappa shape index (κ2) is 6.93. The maximum Gasteiger partial charge on any atom is 0.354 e. The number of nitrogens with one attached hydrogen (secondary N) is 1. The number of nitro groups is 2. The summed E-state index contributed by atoms with van der Waals surface area (Å²) in [4.78, 5) is 31.3. The third-order valence-corrected chi connectivity index (χ3v) is 2.46. The number of carbonyl (C=O) groups excluding carboxylic acids is 1. The fraction of sp³-hybridized carbons (Fsp3) is 0.273. The van der Waals surface area contributed by atoms with Gasteiger partial charge in [-0.05, 0) is 12.5 Å². The van der Waals surface area contributed by atoms with Crippen LogP contribution in [0.3, 0.4) is 0 Å². The van der Waals surface area contributed by atoms with Gasteiger partial charge in [0, 0.05) is 6.07 Å². The van der Waals surface area contributed by atoms with Crippen LogP contribution in [-0.4, -0.2) is 28.6 Å². The van der Waals surface area contributed by atoms with E-state index in [-0.39, 0.29) is 17.8 Å². The number of hydrogen-bond donors (Lipinski definition) is 1.